The molecular weight excluding hydrogens is 374 g/mol. The van der Waals surface area contributed by atoms with Gasteiger partial charge in [-0.05, 0) is 75.1 Å². The summed E-state index contributed by atoms with van der Waals surface area (Å²) in [4.78, 5) is 4.55. The molecule has 0 bridgehead atoms. The quantitative estimate of drug-likeness (QED) is 0.711. The molecule has 160 valence electrons. The van der Waals surface area contributed by atoms with Gasteiger partial charge in [0.05, 0.1) is 23.3 Å². The number of likely N-dealkylation sites (tertiary alicyclic amines) is 1. The monoisotopic (exact) mass is 407 g/mol. The van der Waals surface area contributed by atoms with Crippen molar-refractivity contribution in [1.29, 1.82) is 5.26 Å². The third-order valence-electron chi connectivity index (χ3n) is 5.81. The van der Waals surface area contributed by atoms with Crippen molar-refractivity contribution in [3.8, 4) is 11.8 Å². The maximum Gasteiger partial charge on any atom is 0.119 e. The normalized spacial score (nSPS) is 16.3. The lowest BCUT2D eigenvalue weighted by Gasteiger charge is -2.39. The first-order valence-corrected chi connectivity index (χ1v) is 10.8. The summed E-state index contributed by atoms with van der Waals surface area (Å²) in [7, 11) is 2.07. The van der Waals surface area contributed by atoms with Gasteiger partial charge < -0.3 is 14.7 Å². The van der Waals surface area contributed by atoms with Crippen molar-refractivity contribution in [3.05, 3.63) is 59.7 Å². The van der Waals surface area contributed by atoms with Crippen LogP contribution in [-0.2, 0) is 6.54 Å². The maximum atomic E-state index is 11.1. The fourth-order valence-corrected chi connectivity index (χ4v) is 3.93. The molecule has 0 saturated carbocycles. The van der Waals surface area contributed by atoms with E-state index >= 15 is 0 Å². The van der Waals surface area contributed by atoms with Crippen LogP contribution in [0.1, 0.15) is 44.2 Å². The smallest absolute Gasteiger partial charge is 0.119 e. The minimum absolute atomic E-state index is 0.170. The Bertz CT molecular complexity index is 849. The molecule has 30 heavy (non-hydrogen) atoms. The fourth-order valence-electron chi connectivity index (χ4n) is 3.93. The minimum atomic E-state index is -0.611. The van der Waals surface area contributed by atoms with Gasteiger partial charge in [-0.3, -0.25) is 4.90 Å². The van der Waals surface area contributed by atoms with Gasteiger partial charge in [0.15, 0.2) is 0 Å². The lowest BCUT2D eigenvalue weighted by Crippen LogP contribution is -2.45. The van der Waals surface area contributed by atoms with E-state index in [1.54, 1.807) is 0 Å². The summed E-state index contributed by atoms with van der Waals surface area (Å²) in [6.45, 7) is 7.43. The molecule has 1 aliphatic heterocycles. The second-order valence-electron chi connectivity index (χ2n) is 8.64. The Morgan fingerprint density at radius 2 is 1.87 bits per heavy atom. The molecular formula is C25H33N3O2. The van der Waals surface area contributed by atoms with Crippen molar-refractivity contribution in [1.82, 2.24) is 4.90 Å². The Balaban J connectivity index is 1.46. The zero-order valence-corrected chi connectivity index (χ0v) is 18.3. The molecule has 3 rings (SSSR count). The summed E-state index contributed by atoms with van der Waals surface area (Å²) < 4.78 is 5.71. The van der Waals surface area contributed by atoms with Gasteiger partial charge >= 0.3 is 0 Å². The van der Waals surface area contributed by atoms with Crippen LogP contribution in [0.4, 0.5) is 5.69 Å². The number of piperidine rings is 1. The van der Waals surface area contributed by atoms with Crippen molar-refractivity contribution in [2.24, 2.45) is 0 Å². The number of nitriles is 1. The number of benzene rings is 2. The summed E-state index contributed by atoms with van der Waals surface area (Å²) in [5.74, 6) is 0.883. The van der Waals surface area contributed by atoms with E-state index in [9.17, 15) is 5.11 Å². The average Bonchev–Trinajstić information content (AvgIpc) is 2.74. The number of ether oxygens (including phenoxy) is 1. The number of hydrogen-bond donors (Lipinski definition) is 1. The highest BCUT2D eigenvalue weighted by atomic mass is 16.5. The molecule has 5 nitrogen and oxygen atoms in total. The summed E-state index contributed by atoms with van der Waals surface area (Å²) in [6, 6.07) is 18.1. The highest BCUT2D eigenvalue weighted by Gasteiger charge is 2.32. The van der Waals surface area contributed by atoms with Gasteiger partial charge in [0.25, 0.3) is 0 Å². The zero-order chi connectivity index (χ0) is 21.6. The molecule has 2 aromatic rings. The number of aliphatic hydroxyl groups is 1. The third-order valence-corrected chi connectivity index (χ3v) is 5.81. The molecule has 0 spiro atoms. The Hall–Kier alpha value is -2.55. The molecule has 1 fully saturated rings. The van der Waals surface area contributed by atoms with Gasteiger partial charge in [-0.1, -0.05) is 12.1 Å². The average molecular weight is 408 g/mol. The summed E-state index contributed by atoms with van der Waals surface area (Å²) in [5, 5.41) is 20.1. The van der Waals surface area contributed by atoms with Crippen LogP contribution >= 0.6 is 0 Å². The Kier molecular flexibility index (Phi) is 7.36. The van der Waals surface area contributed by atoms with Gasteiger partial charge in [-0.2, -0.15) is 5.26 Å². The Morgan fingerprint density at radius 3 is 2.50 bits per heavy atom. The topological polar surface area (TPSA) is 59.7 Å². The van der Waals surface area contributed by atoms with Crippen molar-refractivity contribution in [2.45, 2.75) is 51.4 Å². The molecule has 0 aromatic heterocycles. The molecule has 1 aliphatic rings. The molecule has 0 atom stereocenters. The lowest BCUT2D eigenvalue weighted by molar-refractivity contribution is -0.0275. The Morgan fingerprint density at radius 1 is 1.17 bits per heavy atom. The van der Waals surface area contributed by atoms with E-state index in [2.05, 4.69) is 41.1 Å². The summed E-state index contributed by atoms with van der Waals surface area (Å²) in [5.41, 5.74) is 2.38. The highest BCUT2D eigenvalue weighted by Crippen LogP contribution is 2.28. The van der Waals surface area contributed by atoms with Gasteiger partial charge in [-0.15, -0.1) is 0 Å². The van der Waals surface area contributed by atoms with E-state index in [1.807, 2.05) is 44.2 Å². The first kappa shape index (κ1) is 22.1. The van der Waals surface area contributed by atoms with Gasteiger partial charge in [0.2, 0.25) is 0 Å². The molecule has 0 amide bonds. The second-order valence-corrected chi connectivity index (χ2v) is 8.64. The summed E-state index contributed by atoms with van der Waals surface area (Å²) in [6.07, 6.45) is 2.48. The van der Waals surface area contributed by atoms with Crippen molar-refractivity contribution < 1.29 is 9.84 Å². The van der Waals surface area contributed by atoms with Crippen molar-refractivity contribution >= 4 is 5.69 Å². The first-order chi connectivity index (χ1) is 14.4. The molecule has 2 aromatic carbocycles. The van der Waals surface area contributed by atoms with E-state index in [4.69, 9.17) is 10.00 Å². The summed E-state index contributed by atoms with van der Waals surface area (Å²) >= 11 is 0. The lowest BCUT2D eigenvalue weighted by atomic mass is 9.88. The number of hydrogen-bond acceptors (Lipinski definition) is 5. The largest absolute Gasteiger partial charge is 0.491 e. The molecule has 5 heteroatoms. The van der Waals surface area contributed by atoms with Crippen LogP contribution in [-0.4, -0.2) is 48.4 Å². The van der Waals surface area contributed by atoms with Gasteiger partial charge in [0.1, 0.15) is 5.75 Å². The highest BCUT2D eigenvalue weighted by molar-refractivity contribution is 5.48. The maximum absolute atomic E-state index is 11.1. The van der Waals surface area contributed by atoms with Gasteiger partial charge in [0, 0.05) is 38.9 Å². The van der Waals surface area contributed by atoms with Crippen LogP contribution in [0.5, 0.6) is 5.75 Å². The van der Waals surface area contributed by atoms with Crippen LogP contribution in [0, 0.1) is 11.3 Å². The van der Waals surface area contributed by atoms with Crippen LogP contribution in [0.2, 0.25) is 0 Å². The predicted molar refractivity (Wildman–Crippen MR) is 121 cm³/mol. The van der Waals surface area contributed by atoms with E-state index in [1.165, 1.54) is 0 Å². The second kappa shape index (κ2) is 9.97. The Labute approximate surface area is 180 Å². The van der Waals surface area contributed by atoms with E-state index < -0.39 is 5.60 Å². The van der Waals surface area contributed by atoms with Gasteiger partial charge in [-0.25, -0.2) is 0 Å². The van der Waals surface area contributed by atoms with Crippen LogP contribution in [0.15, 0.2) is 48.5 Å². The number of rotatable bonds is 8. The third kappa shape index (κ3) is 6.22. The zero-order valence-electron chi connectivity index (χ0n) is 18.3. The molecule has 1 N–H and O–H groups in total. The van der Waals surface area contributed by atoms with Crippen molar-refractivity contribution in [2.75, 3.05) is 31.6 Å². The van der Waals surface area contributed by atoms with E-state index in [0.29, 0.717) is 5.56 Å². The molecule has 0 unspecified atom stereocenters. The van der Waals surface area contributed by atoms with Crippen molar-refractivity contribution in [3.63, 3.8) is 0 Å². The van der Waals surface area contributed by atoms with Crippen LogP contribution < -0.4 is 9.64 Å². The predicted octanol–water partition coefficient (Wildman–Crippen LogP) is 4.20. The first-order valence-electron chi connectivity index (χ1n) is 10.8. The molecule has 1 saturated heterocycles. The number of anilines is 1. The molecule has 0 aliphatic carbocycles. The molecule has 0 radical (unpaired) electrons. The van der Waals surface area contributed by atoms with Crippen LogP contribution in [0.25, 0.3) is 0 Å². The van der Waals surface area contributed by atoms with E-state index in [-0.39, 0.29) is 6.10 Å². The standard InChI is InChI=1S/C25H33N3O2/c1-20(2)30-24-9-7-23(8-10-24)27(3)14-11-25(29)12-15-28(16-13-25)19-22-6-4-5-21(17-22)18-26/h4-10,17,20,29H,11-16,19H2,1-3H3. The fraction of sp³-hybridized carbons (Fsp3) is 0.480. The van der Waals surface area contributed by atoms with Crippen LogP contribution in [0.3, 0.4) is 0 Å². The molecule has 1 heterocycles. The van der Waals surface area contributed by atoms with E-state index in [0.717, 1.165) is 62.4 Å². The number of nitrogens with zero attached hydrogens (tertiary/aromatic N) is 3. The minimum Gasteiger partial charge on any atom is -0.491 e. The SMILES string of the molecule is CC(C)Oc1ccc(N(C)CCC2(O)CCN(Cc3cccc(C#N)c3)CC2)cc1.